The van der Waals surface area contributed by atoms with Crippen LogP contribution in [0.25, 0.3) is 0 Å². The van der Waals surface area contributed by atoms with Gasteiger partial charge in [-0.25, -0.2) is 0 Å². The number of rotatable bonds is 12. The Labute approximate surface area is 104 Å². The fourth-order valence-corrected chi connectivity index (χ4v) is 2.35. The lowest BCUT2D eigenvalue weighted by Gasteiger charge is -2.16. The van der Waals surface area contributed by atoms with Crippen LogP contribution in [0.15, 0.2) is 12.7 Å². The van der Waals surface area contributed by atoms with E-state index in [0.717, 1.165) is 5.92 Å². The van der Waals surface area contributed by atoms with Crippen molar-refractivity contribution in [1.29, 1.82) is 0 Å². The second-order valence-electron chi connectivity index (χ2n) is 5.08. The molecule has 0 saturated carbocycles. The van der Waals surface area contributed by atoms with E-state index in [1.807, 2.05) is 0 Å². The highest BCUT2D eigenvalue weighted by atomic mass is 14.1. The monoisotopic (exact) mass is 224 g/mol. The van der Waals surface area contributed by atoms with E-state index in [-0.39, 0.29) is 0 Å². The van der Waals surface area contributed by atoms with Gasteiger partial charge in [0.05, 0.1) is 0 Å². The highest BCUT2D eigenvalue weighted by Crippen LogP contribution is 2.22. The zero-order chi connectivity index (χ0) is 12.1. The van der Waals surface area contributed by atoms with Crippen LogP contribution in [0, 0.1) is 5.92 Å². The molecule has 0 aromatic rings. The minimum Gasteiger partial charge on any atom is -0.103 e. The summed E-state index contributed by atoms with van der Waals surface area (Å²) in [4.78, 5) is 0. The van der Waals surface area contributed by atoms with E-state index in [1.165, 1.54) is 70.6 Å². The summed E-state index contributed by atoms with van der Waals surface area (Å²) in [6.07, 6.45) is 17.4. The average molecular weight is 224 g/mol. The normalized spacial score (nSPS) is 10.9. The fraction of sp³-hybridized carbons (Fsp3) is 0.875. The molecule has 0 bridgehead atoms. The molecule has 0 spiro atoms. The van der Waals surface area contributed by atoms with E-state index in [0.29, 0.717) is 0 Å². The third-order valence-corrected chi connectivity index (χ3v) is 3.45. The van der Waals surface area contributed by atoms with Gasteiger partial charge in [-0.15, -0.1) is 6.58 Å². The third kappa shape index (κ3) is 10.3. The Morgan fingerprint density at radius 1 is 0.812 bits per heavy atom. The summed E-state index contributed by atoms with van der Waals surface area (Å²) in [7, 11) is 0. The second-order valence-corrected chi connectivity index (χ2v) is 5.08. The first-order valence-electron chi connectivity index (χ1n) is 7.46. The lowest BCUT2D eigenvalue weighted by molar-refractivity contribution is 0.378. The standard InChI is InChI=1S/C16H32/c1-4-7-10-13-16(14-11-8-5-2)15-12-9-6-3/h4,16H,1,5-15H2,2-3H3. The first kappa shape index (κ1) is 15.7. The van der Waals surface area contributed by atoms with E-state index in [4.69, 9.17) is 0 Å². The molecule has 0 nitrogen and oxygen atoms in total. The fourth-order valence-electron chi connectivity index (χ4n) is 2.35. The van der Waals surface area contributed by atoms with Crippen molar-refractivity contribution < 1.29 is 0 Å². The van der Waals surface area contributed by atoms with E-state index < -0.39 is 0 Å². The topological polar surface area (TPSA) is 0 Å². The van der Waals surface area contributed by atoms with Crippen molar-refractivity contribution in [1.82, 2.24) is 0 Å². The Hall–Kier alpha value is -0.260. The Kier molecular flexibility index (Phi) is 12.6. The molecule has 0 aliphatic heterocycles. The maximum Gasteiger partial charge on any atom is -0.0353 e. The van der Waals surface area contributed by atoms with Gasteiger partial charge in [-0.1, -0.05) is 77.7 Å². The molecule has 0 aromatic heterocycles. The molecule has 0 fully saturated rings. The van der Waals surface area contributed by atoms with Crippen molar-refractivity contribution in [2.75, 3.05) is 0 Å². The SMILES string of the molecule is C=CCCCC(CCCCC)CCCCC. The molecule has 0 N–H and O–H groups in total. The summed E-state index contributed by atoms with van der Waals surface area (Å²) in [5.74, 6) is 0.998. The highest BCUT2D eigenvalue weighted by Gasteiger charge is 2.07. The lowest BCUT2D eigenvalue weighted by Crippen LogP contribution is -2.01. The van der Waals surface area contributed by atoms with Gasteiger partial charge in [0.1, 0.15) is 0 Å². The molecule has 0 heteroatoms. The van der Waals surface area contributed by atoms with Gasteiger partial charge in [-0.05, 0) is 18.8 Å². The molecule has 0 atom stereocenters. The molecule has 16 heavy (non-hydrogen) atoms. The summed E-state index contributed by atoms with van der Waals surface area (Å²) < 4.78 is 0. The molecule has 0 aromatic carbocycles. The van der Waals surface area contributed by atoms with Crippen LogP contribution in [0.4, 0.5) is 0 Å². The van der Waals surface area contributed by atoms with Crippen LogP contribution in [0.3, 0.4) is 0 Å². The summed E-state index contributed by atoms with van der Waals surface area (Å²) in [6.45, 7) is 8.40. The Morgan fingerprint density at radius 2 is 1.31 bits per heavy atom. The van der Waals surface area contributed by atoms with Gasteiger partial charge in [0, 0.05) is 0 Å². The minimum absolute atomic E-state index is 0.998. The molecular weight excluding hydrogens is 192 g/mol. The largest absolute Gasteiger partial charge is 0.103 e. The van der Waals surface area contributed by atoms with E-state index in [2.05, 4.69) is 26.5 Å². The van der Waals surface area contributed by atoms with Gasteiger partial charge in [0.25, 0.3) is 0 Å². The molecule has 0 unspecified atom stereocenters. The average Bonchev–Trinajstić information content (AvgIpc) is 2.29. The Bertz CT molecular complexity index is 127. The van der Waals surface area contributed by atoms with Crippen LogP contribution in [-0.4, -0.2) is 0 Å². The molecule has 0 rings (SSSR count). The summed E-state index contributed by atoms with van der Waals surface area (Å²) in [6, 6.07) is 0. The smallest absolute Gasteiger partial charge is 0.0353 e. The van der Waals surface area contributed by atoms with Gasteiger partial charge in [-0.3, -0.25) is 0 Å². The molecule has 0 radical (unpaired) electrons. The quantitative estimate of drug-likeness (QED) is 0.277. The predicted molar refractivity (Wildman–Crippen MR) is 75.8 cm³/mol. The second kappa shape index (κ2) is 12.8. The van der Waals surface area contributed by atoms with Crippen molar-refractivity contribution in [3.63, 3.8) is 0 Å². The predicted octanol–water partition coefficient (Wildman–Crippen LogP) is 6.12. The lowest BCUT2D eigenvalue weighted by atomic mass is 9.90. The van der Waals surface area contributed by atoms with Gasteiger partial charge in [0.2, 0.25) is 0 Å². The molecule has 0 heterocycles. The minimum atomic E-state index is 0.998. The van der Waals surface area contributed by atoms with Crippen LogP contribution in [-0.2, 0) is 0 Å². The number of hydrogen-bond acceptors (Lipinski definition) is 0. The maximum atomic E-state index is 3.81. The summed E-state index contributed by atoms with van der Waals surface area (Å²) in [5.41, 5.74) is 0. The van der Waals surface area contributed by atoms with E-state index in [1.54, 1.807) is 0 Å². The van der Waals surface area contributed by atoms with Gasteiger partial charge in [-0.2, -0.15) is 0 Å². The van der Waals surface area contributed by atoms with E-state index in [9.17, 15) is 0 Å². The summed E-state index contributed by atoms with van der Waals surface area (Å²) in [5, 5.41) is 0. The van der Waals surface area contributed by atoms with Crippen molar-refractivity contribution in [2.45, 2.75) is 84.5 Å². The molecular formula is C16H32. The van der Waals surface area contributed by atoms with Crippen molar-refractivity contribution in [3.8, 4) is 0 Å². The van der Waals surface area contributed by atoms with E-state index >= 15 is 0 Å². The van der Waals surface area contributed by atoms with Crippen molar-refractivity contribution in [3.05, 3.63) is 12.7 Å². The first-order chi connectivity index (χ1) is 7.85. The summed E-state index contributed by atoms with van der Waals surface area (Å²) >= 11 is 0. The van der Waals surface area contributed by atoms with Crippen LogP contribution < -0.4 is 0 Å². The van der Waals surface area contributed by atoms with Crippen LogP contribution in [0.5, 0.6) is 0 Å². The Morgan fingerprint density at radius 3 is 1.75 bits per heavy atom. The zero-order valence-corrected chi connectivity index (χ0v) is 11.6. The molecule has 0 aliphatic rings. The number of unbranched alkanes of at least 4 members (excludes halogenated alkanes) is 5. The van der Waals surface area contributed by atoms with Crippen LogP contribution in [0.1, 0.15) is 84.5 Å². The Balaban J connectivity index is 3.62. The van der Waals surface area contributed by atoms with Gasteiger partial charge in [0.15, 0.2) is 0 Å². The molecule has 96 valence electrons. The zero-order valence-electron chi connectivity index (χ0n) is 11.6. The highest BCUT2D eigenvalue weighted by molar-refractivity contribution is 4.68. The van der Waals surface area contributed by atoms with Gasteiger partial charge < -0.3 is 0 Å². The van der Waals surface area contributed by atoms with Crippen LogP contribution in [0.2, 0.25) is 0 Å². The maximum absolute atomic E-state index is 3.81. The third-order valence-electron chi connectivity index (χ3n) is 3.45. The van der Waals surface area contributed by atoms with Crippen molar-refractivity contribution in [2.24, 2.45) is 5.92 Å². The number of hydrogen-bond donors (Lipinski definition) is 0. The van der Waals surface area contributed by atoms with Crippen molar-refractivity contribution >= 4 is 0 Å². The molecule has 0 aliphatic carbocycles. The van der Waals surface area contributed by atoms with Gasteiger partial charge >= 0.3 is 0 Å². The first-order valence-corrected chi connectivity index (χ1v) is 7.46. The molecule has 0 amide bonds. The van der Waals surface area contributed by atoms with Crippen LogP contribution >= 0.6 is 0 Å². The number of allylic oxidation sites excluding steroid dienone is 1. The molecule has 0 saturated heterocycles.